The summed E-state index contributed by atoms with van der Waals surface area (Å²) < 4.78 is 32.0. The Morgan fingerprint density at radius 1 is 1.42 bits per heavy atom. The Bertz CT molecular complexity index is 789. The van der Waals surface area contributed by atoms with Crippen molar-refractivity contribution in [1.82, 2.24) is 9.78 Å². The first-order valence-corrected chi connectivity index (χ1v) is 6.98. The Balaban J connectivity index is 2.24. The number of nitro benzene ring substituents is 1. The largest absolute Gasteiger partial charge is 0.454 e. The summed E-state index contributed by atoms with van der Waals surface area (Å²) in [5, 5.41) is 14.6. The number of aryl methyl sites for hydroxylation is 2. The summed E-state index contributed by atoms with van der Waals surface area (Å²) in [5.41, 5.74) is -0.120. The Kier molecular flexibility index (Phi) is 4.91. The summed E-state index contributed by atoms with van der Waals surface area (Å²) in [5.74, 6) is -0.964. The number of nitrogens with zero attached hydrogens (tertiary/aromatic N) is 3. The lowest BCUT2D eigenvalue weighted by Crippen LogP contribution is -2.12. The van der Waals surface area contributed by atoms with Gasteiger partial charge in [-0.3, -0.25) is 14.8 Å². The van der Waals surface area contributed by atoms with E-state index in [-0.39, 0.29) is 11.3 Å². The fourth-order valence-corrected chi connectivity index (χ4v) is 2.23. The molecule has 1 aromatic carbocycles. The Morgan fingerprint density at radius 3 is 2.67 bits per heavy atom. The van der Waals surface area contributed by atoms with Crippen LogP contribution in [0.4, 0.5) is 14.5 Å². The average molecular weight is 339 g/mol. The molecule has 0 spiro atoms. The summed E-state index contributed by atoms with van der Waals surface area (Å²) in [7, 11) is 1.30. The van der Waals surface area contributed by atoms with Crippen LogP contribution in [0.5, 0.6) is 0 Å². The quantitative estimate of drug-likeness (QED) is 0.473. The molecule has 0 saturated heterocycles. The summed E-state index contributed by atoms with van der Waals surface area (Å²) in [6.45, 7) is 3.09. The molecule has 24 heavy (non-hydrogen) atoms. The number of hydrogen-bond acceptors (Lipinski definition) is 5. The van der Waals surface area contributed by atoms with E-state index >= 15 is 0 Å². The van der Waals surface area contributed by atoms with Crippen molar-refractivity contribution in [2.45, 2.75) is 26.4 Å². The number of ether oxygens (including phenoxy) is 1. The summed E-state index contributed by atoms with van der Waals surface area (Å²) in [4.78, 5) is 22.5. The molecule has 0 bridgehead atoms. The number of carbonyl (C=O) groups excluding carboxylic acids is 1. The second-order valence-corrected chi connectivity index (χ2v) is 5.22. The molecule has 0 aliphatic heterocycles. The molecule has 0 aliphatic carbocycles. The first kappa shape index (κ1) is 17.5. The number of alkyl halides is 2. The van der Waals surface area contributed by atoms with E-state index in [0.29, 0.717) is 11.1 Å². The molecular weight excluding hydrogens is 324 g/mol. The lowest BCUT2D eigenvalue weighted by Gasteiger charge is -2.14. The fraction of sp³-hybridized carbons (Fsp3) is 0.333. The van der Waals surface area contributed by atoms with Crippen LogP contribution >= 0.6 is 0 Å². The molecule has 1 atom stereocenters. The van der Waals surface area contributed by atoms with E-state index in [1.807, 2.05) is 0 Å². The Morgan fingerprint density at radius 2 is 2.08 bits per heavy atom. The minimum Gasteiger partial charge on any atom is -0.454 e. The molecule has 2 aromatic rings. The van der Waals surface area contributed by atoms with Gasteiger partial charge in [0.25, 0.3) is 12.1 Å². The van der Waals surface area contributed by atoms with Crippen LogP contribution in [0, 0.1) is 17.0 Å². The Hall–Kier alpha value is -2.84. The predicted octanol–water partition coefficient (Wildman–Crippen LogP) is 3.49. The zero-order valence-electron chi connectivity index (χ0n) is 13.2. The van der Waals surface area contributed by atoms with Crippen LogP contribution in [0.1, 0.15) is 46.6 Å². The number of esters is 1. The molecule has 0 radical (unpaired) electrons. The molecule has 128 valence electrons. The molecule has 2 rings (SSSR count). The lowest BCUT2D eigenvalue weighted by molar-refractivity contribution is -0.385. The van der Waals surface area contributed by atoms with Gasteiger partial charge in [-0.15, -0.1) is 0 Å². The van der Waals surface area contributed by atoms with E-state index in [0.717, 1.165) is 10.9 Å². The molecule has 0 amide bonds. The highest BCUT2D eigenvalue weighted by Gasteiger charge is 2.26. The first-order valence-electron chi connectivity index (χ1n) is 6.98. The lowest BCUT2D eigenvalue weighted by atomic mass is 10.1. The van der Waals surface area contributed by atoms with Crippen LogP contribution in [0.3, 0.4) is 0 Å². The minimum absolute atomic E-state index is 0.106. The fourth-order valence-electron chi connectivity index (χ4n) is 2.23. The van der Waals surface area contributed by atoms with Crippen molar-refractivity contribution in [3.8, 4) is 0 Å². The SMILES string of the molecule is Cc1ccc(C(C)OC(=O)c2cnn(C)c2C(F)F)cc1[N+](=O)[O-]. The number of nitro groups is 1. The maximum absolute atomic E-state index is 13.0. The van der Waals surface area contributed by atoms with E-state index in [1.54, 1.807) is 13.0 Å². The van der Waals surface area contributed by atoms with Crippen molar-refractivity contribution < 1.29 is 23.2 Å². The van der Waals surface area contributed by atoms with Gasteiger partial charge in [-0.2, -0.15) is 5.10 Å². The predicted molar refractivity (Wildman–Crippen MR) is 79.8 cm³/mol. The third-order valence-corrected chi connectivity index (χ3v) is 3.59. The third-order valence-electron chi connectivity index (χ3n) is 3.59. The summed E-state index contributed by atoms with van der Waals surface area (Å²) >= 11 is 0. The summed E-state index contributed by atoms with van der Waals surface area (Å²) in [6, 6.07) is 4.41. The molecule has 1 aromatic heterocycles. The monoisotopic (exact) mass is 339 g/mol. The molecule has 0 saturated carbocycles. The van der Waals surface area contributed by atoms with Gasteiger partial charge in [0.2, 0.25) is 0 Å². The van der Waals surface area contributed by atoms with Crippen molar-refractivity contribution in [1.29, 1.82) is 0 Å². The highest BCUT2D eigenvalue weighted by Crippen LogP contribution is 2.28. The van der Waals surface area contributed by atoms with Crippen molar-refractivity contribution in [3.05, 3.63) is 56.9 Å². The highest BCUT2D eigenvalue weighted by atomic mass is 19.3. The second-order valence-electron chi connectivity index (χ2n) is 5.22. The van der Waals surface area contributed by atoms with Gasteiger partial charge in [0, 0.05) is 18.7 Å². The molecule has 0 aliphatic rings. The topological polar surface area (TPSA) is 87.3 Å². The van der Waals surface area contributed by atoms with Gasteiger partial charge in [0.15, 0.2) is 0 Å². The number of aromatic nitrogens is 2. The van der Waals surface area contributed by atoms with Gasteiger partial charge in [0.05, 0.1) is 11.1 Å². The molecular formula is C15H15F2N3O4. The molecule has 0 N–H and O–H groups in total. The maximum Gasteiger partial charge on any atom is 0.342 e. The van der Waals surface area contributed by atoms with Crippen LogP contribution in [0.25, 0.3) is 0 Å². The standard InChI is InChI=1S/C15H15F2N3O4/c1-8-4-5-10(6-12(8)20(22)23)9(2)24-15(21)11-7-18-19(3)13(11)14(16)17/h4-7,9,14H,1-3H3. The molecule has 7 nitrogen and oxygen atoms in total. The van der Waals surface area contributed by atoms with Gasteiger partial charge < -0.3 is 4.74 Å². The van der Waals surface area contributed by atoms with Crippen molar-refractivity contribution in [3.63, 3.8) is 0 Å². The number of carbonyl (C=O) groups is 1. The van der Waals surface area contributed by atoms with Crippen LogP contribution in [-0.4, -0.2) is 20.7 Å². The summed E-state index contributed by atoms with van der Waals surface area (Å²) in [6.07, 6.45) is -2.72. The molecule has 0 fully saturated rings. The molecule has 1 heterocycles. The molecule has 9 heteroatoms. The van der Waals surface area contributed by atoms with E-state index in [2.05, 4.69) is 5.10 Å². The van der Waals surface area contributed by atoms with Crippen LogP contribution < -0.4 is 0 Å². The maximum atomic E-state index is 13.0. The zero-order chi connectivity index (χ0) is 18.0. The highest BCUT2D eigenvalue weighted by molar-refractivity contribution is 5.90. The van der Waals surface area contributed by atoms with Crippen LogP contribution in [0.15, 0.2) is 24.4 Å². The number of benzene rings is 1. The second kappa shape index (κ2) is 6.73. The van der Waals surface area contributed by atoms with Gasteiger partial charge in [-0.25, -0.2) is 13.6 Å². The van der Waals surface area contributed by atoms with E-state index in [1.165, 1.54) is 26.1 Å². The number of hydrogen-bond donors (Lipinski definition) is 0. The minimum atomic E-state index is -2.88. The van der Waals surface area contributed by atoms with Crippen LogP contribution in [-0.2, 0) is 11.8 Å². The first-order chi connectivity index (χ1) is 11.2. The van der Waals surface area contributed by atoms with E-state index < -0.39 is 29.1 Å². The van der Waals surface area contributed by atoms with Gasteiger partial charge in [-0.05, 0) is 19.4 Å². The van der Waals surface area contributed by atoms with Gasteiger partial charge in [0.1, 0.15) is 17.4 Å². The normalized spacial score (nSPS) is 12.2. The zero-order valence-corrected chi connectivity index (χ0v) is 13.2. The number of halogens is 2. The average Bonchev–Trinajstić information content (AvgIpc) is 2.89. The van der Waals surface area contributed by atoms with E-state index in [9.17, 15) is 23.7 Å². The number of rotatable bonds is 5. The van der Waals surface area contributed by atoms with Crippen molar-refractivity contribution in [2.24, 2.45) is 7.05 Å². The smallest absolute Gasteiger partial charge is 0.342 e. The van der Waals surface area contributed by atoms with Crippen LogP contribution in [0.2, 0.25) is 0 Å². The Labute approximate surface area is 136 Å². The van der Waals surface area contributed by atoms with Gasteiger partial charge >= 0.3 is 5.97 Å². The van der Waals surface area contributed by atoms with Gasteiger partial charge in [-0.1, -0.05) is 12.1 Å². The van der Waals surface area contributed by atoms with Crippen molar-refractivity contribution in [2.75, 3.05) is 0 Å². The molecule has 1 unspecified atom stereocenters. The van der Waals surface area contributed by atoms with E-state index in [4.69, 9.17) is 4.74 Å². The third kappa shape index (κ3) is 3.39. The van der Waals surface area contributed by atoms with Crippen molar-refractivity contribution >= 4 is 11.7 Å².